The minimum atomic E-state index is -3.73. The quantitative estimate of drug-likeness (QED) is 0.521. The first kappa shape index (κ1) is 23.1. The van der Waals surface area contributed by atoms with Gasteiger partial charge in [0.1, 0.15) is 0 Å². The molecule has 0 amide bonds. The highest BCUT2D eigenvalue weighted by Crippen LogP contribution is 2.23. The van der Waals surface area contributed by atoms with Crippen LogP contribution in [-0.4, -0.2) is 45.8 Å². The molecule has 3 aromatic rings. The zero-order valence-corrected chi connectivity index (χ0v) is 20.1. The van der Waals surface area contributed by atoms with E-state index in [1.807, 2.05) is 36.6 Å². The molecule has 4 rings (SSSR count). The molecule has 0 bridgehead atoms. The van der Waals surface area contributed by atoms with Crippen LogP contribution in [0.4, 0.5) is 0 Å². The van der Waals surface area contributed by atoms with Gasteiger partial charge >= 0.3 is 0 Å². The molecule has 0 saturated carbocycles. The van der Waals surface area contributed by atoms with Crippen LogP contribution in [0.1, 0.15) is 23.4 Å². The van der Waals surface area contributed by atoms with Crippen LogP contribution in [0.2, 0.25) is 0 Å². The second kappa shape index (κ2) is 9.40. The molecule has 0 atom stereocenters. The summed E-state index contributed by atoms with van der Waals surface area (Å²) in [6, 6.07) is 13.3. The first-order valence-corrected chi connectivity index (χ1v) is 14.2. The van der Waals surface area contributed by atoms with E-state index >= 15 is 0 Å². The van der Waals surface area contributed by atoms with E-state index in [0.717, 1.165) is 34.7 Å². The predicted octanol–water partition coefficient (Wildman–Crippen LogP) is 3.42. The number of sulfonamides is 2. The second-order valence-corrected chi connectivity index (χ2v) is 12.4. The van der Waals surface area contributed by atoms with Crippen molar-refractivity contribution in [2.45, 2.75) is 36.0 Å². The minimum Gasteiger partial charge on any atom is -0.242 e. The summed E-state index contributed by atoms with van der Waals surface area (Å²) in [6.07, 6.45) is 2.24. The van der Waals surface area contributed by atoms with Gasteiger partial charge in [-0.2, -0.15) is 4.31 Å². The number of nitrogens with zero attached hydrogens (tertiary/aromatic N) is 2. The van der Waals surface area contributed by atoms with Crippen LogP contribution in [0.5, 0.6) is 0 Å². The molecule has 1 N–H and O–H groups in total. The molecule has 0 unspecified atom stereocenters. The van der Waals surface area contributed by atoms with Crippen molar-refractivity contribution in [2.24, 2.45) is 0 Å². The van der Waals surface area contributed by atoms with Crippen molar-refractivity contribution >= 4 is 31.4 Å². The van der Waals surface area contributed by atoms with Crippen LogP contribution in [0.25, 0.3) is 11.3 Å². The van der Waals surface area contributed by atoms with E-state index in [1.165, 1.54) is 28.6 Å². The van der Waals surface area contributed by atoms with E-state index in [9.17, 15) is 16.8 Å². The third-order valence-electron chi connectivity index (χ3n) is 5.41. The Balaban J connectivity index is 1.36. The summed E-state index contributed by atoms with van der Waals surface area (Å²) in [6.45, 7) is 3.22. The number of hydrogen-bond donors (Lipinski definition) is 1. The Bertz CT molecular complexity index is 1280. The topological polar surface area (TPSA) is 96.4 Å². The summed E-state index contributed by atoms with van der Waals surface area (Å²) < 4.78 is 54.4. The average molecular weight is 492 g/mol. The first-order valence-electron chi connectivity index (χ1n) is 10.4. The lowest BCUT2D eigenvalue weighted by atomic mass is 10.1. The molecule has 0 spiro atoms. The van der Waals surface area contributed by atoms with Crippen LogP contribution < -0.4 is 4.72 Å². The average Bonchev–Trinajstić information content (AvgIpc) is 3.47. The molecule has 2 heterocycles. The molecule has 1 fully saturated rings. The number of aromatic nitrogens is 1. The molecule has 0 aliphatic carbocycles. The van der Waals surface area contributed by atoms with Gasteiger partial charge in [0, 0.05) is 30.6 Å². The van der Waals surface area contributed by atoms with Crippen molar-refractivity contribution < 1.29 is 16.8 Å². The van der Waals surface area contributed by atoms with E-state index < -0.39 is 20.0 Å². The van der Waals surface area contributed by atoms with E-state index in [2.05, 4.69) is 9.71 Å². The zero-order valence-electron chi connectivity index (χ0n) is 17.7. The fourth-order valence-corrected chi connectivity index (χ4v) is 6.79. The molecule has 1 aromatic heterocycles. The highest BCUT2D eigenvalue weighted by molar-refractivity contribution is 7.89. The fraction of sp³-hybridized carbons (Fsp3) is 0.318. The molecular formula is C22H25N3O4S3. The Morgan fingerprint density at radius 1 is 0.938 bits per heavy atom. The summed E-state index contributed by atoms with van der Waals surface area (Å²) in [5.41, 5.74) is 2.98. The van der Waals surface area contributed by atoms with Gasteiger partial charge in [-0.25, -0.2) is 26.5 Å². The lowest BCUT2D eigenvalue weighted by Crippen LogP contribution is -2.28. The SMILES string of the molecule is Cc1nc(-c2ccc(CCNS(=O)(=O)c3ccc(S(=O)(=O)N4CCCC4)cc3)cc2)cs1. The standard InChI is InChI=1S/C22H25N3O4S3/c1-17-24-22(16-30-17)19-6-4-18(5-7-19)12-13-23-31(26,27)20-8-10-21(11-9-20)32(28,29)25-14-2-3-15-25/h4-11,16,23H,2-3,12-15H2,1H3. The first-order chi connectivity index (χ1) is 15.3. The monoisotopic (exact) mass is 491 g/mol. The number of benzene rings is 2. The number of aryl methyl sites for hydroxylation is 1. The Kier molecular flexibility index (Phi) is 6.78. The van der Waals surface area contributed by atoms with Crippen LogP contribution >= 0.6 is 11.3 Å². The molecule has 1 aliphatic heterocycles. The van der Waals surface area contributed by atoms with Gasteiger partial charge in [0.15, 0.2) is 0 Å². The Morgan fingerprint density at radius 3 is 2.16 bits per heavy atom. The van der Waals surface area contributed by atoms with Crippen LogP contribution in [0, 0.1) is 6.92 Å². The van der Waals surface area contributed by atoms with Gasteiger partial charge < -0.3 is 0 Å². The third kappa shape index (κ3) is 5.10. The number of rotatable bonds is 8. The smallest absolute Gasteiger partial charge is 0.242 e. The highest BCUT2D eigenvalue weighted by Gasteiger charge is 2.27. The zero-order chi connectivity index (χ0) is 22.8. The van der Waals surface area contributed by atoms with Gasteiger partial charge in [-0.15, -0.1) is 11.3 Å². The molecule has 0 radical (unpaired) electrons. The molecular weight excluding hydrogens is 466 g/mol. The van der Waals surface area contributed by atoms with E-state index in [1.54, 1.807) is 11.3 Å². The summed E-state index contributed by atoms with van der Waals surface area (Å²) in [5.74, 6) is 0. The van der Waals surface area contributed by atoms with E-state index in [4.69, 9.17) is 0 Å². The van der Waals surface area contributed by atoms with Crippen LogP contribution in [-0.2, 0) is 26.5 Å². The Hall–Kier alpha value is -2.11. The maximum atomic E-state index is 12.6. The van der Waals surface area contributed by atoms with Gasteiger partial charge in [-0.1, -0.05) is 24.3 Å². The number of thiazole rings is 1. The van der Waals surface area contributed by atoms with Crippen molar-refractivity contribution in [3.8, 4) is 11.3 Å². The molecule has 1 saturated heterocycles. The van der Waals surface area contributed by atoms with Crippen molar-refractivity contribution in [2.75, 3.05) is 19.6 Å². The summed E-state index contributed by atoms with van der Waals surface area (Å²) >= 11 is 1.60. The van der Waals surface area contributed by atoms with Crippen LogP contribution in [0.3, 0.4) is 0 Å². The normalized spacial score (nSPS) is 15.3. The minimum absolute atomic E-state index is 0.0483. The number of hydrogen-bond acceptors (Lipinski definition) is 6. The lowest BCUT2D eigenvalue weighted by molar-refractivity contribution is 0.477. The second-order valence-electron chi connectivity index (χ2n) is 7.68. The van der Waals surface area contributed by atoms with Crippen molar-refractivity contribution in [1.82, 2.24) is 14.0 Å². The van der Waals surface area contributed by atoms with E-state index in [0.29, 0.717) is 19.5 Å². The summed E-state index contributed by atoms with van der Waals surface area (Å²) in [4.78, 5) is 4.64. The van der Waals surface area contributed by atoms with Crippen molar-refractivity contribution in [3.63, 3.8) is 0 Å². The van der Waals surface area contributed by atoms with Gasteiger partial charge in [-0.3, -0.25) is 0 Å². The number of nitrogens with one attached hydrogen (secondary N) is 1. The largest absolute Gasteiger partial charge is 0.243 e. The molecule has 2 aromatic carbocycles. The molecule has 1 aliphatic rings. The van der Waals surface area contributed by atoms with Crippen molar-refractivity contribution in [1.29, 1.82) is 0 Å². The van der Waals surface area contributed by atoms with Crippen LogP contribution in [0.15, 0.2) is 63.7 Å². The molecule has 170 valence electrons. The molecule has 32 heavy (non-hydrogen) atoms. The summed E-state index contributed by atoms with van der Waals surface area (Å²) in [5, 5.41) is 3.03. The fourth-order valence-electron chi connectivity index (χ4n) is 3.62. The highest BCUT2D eigenvalue weighted by atomic mass is 32.2. The maximum absolute atomic E-state index is 12.6. The van der Waals surface area contributed by atoms with Gasteiger partial charge in [0.05, 0.1) is 20.5 Å². The van der Waals surface area contributed by atoms with Gasteiger partial charge in [-0.05, 0) is 56.0 Å². The summed E-state index contributed by atoms with van der Waals surface area (Å²) in [7, 11) is -7.29. The Labute approximate surface area is 193 Å². The molecule has 7 nitrogen and oxygen atoms in total. The Morgan fingerprint density at radius 2 is 1.56 bits per heavy atom. The predicted molar refractivity (Wildman–Crippen MR) is 126 cm³/mol. The molecule has 10 heteroatoms. The van der Waals surface area contributed by atoms with Gasteiger partial charge in [0.25, 0.3) is 0 Å². The lowest BCUT2D eigenvalue weighted by Gasteiger charge is -2.15. The third-order valence-corrected chi connectivity index (χ3v) is 9.57. The van der Waals surface area contributed by atoms with Crippen molar-refractivity contribution in [3.05, 3.63) is 64.5 Å². The van der Waals surface area contributed by atoms with E-state index in [-0.39, 0.29) is 16.3 Å². The maximum Gasteiger partial charge on any atom is 0.243 e. The van der Waals surface area contributed by atoms with Gasteiger partial charge in [0.2, 0.25) is 20.0 Å².